The standard InChI is InChI=1S/C27H16F8O2/c28-21-17(26(30,31)32)11-13-19(23(21)36)25(15-7-3-1-4-8-15,16-9-5-2-6-10-16)20-14-12-18(27(33,34)35)22(29)24(20)37/h1-14,36-37H. The fourth-order valence-corrected chi connectivity index (χ4v) is 4.48. The molecule has 0 atom stereocenters. The summed E-state index contributed by atoms with van der Waals surface area (Å²) < 4.78 is 110. The van der Waals surface area contributed by atoms with Crippen LogP contribution in [0.25, 0.3) is 0 Å². The van der Waals surface area contributed by atoms with E-state index in [4.69, 9.17) is 0 Å². The fourth-order valence-electron chi connectivity index (χ4n) is 4.48. The highest BCUT2D eigenvalue weighted by Crippen LogP contribution is 2.53. The number of hydrogen-bond acceptors (Lipinski definition) is 2. The van der Waals surface area contributed by atoms with Crippen LogP contribution in [0.15, 0.2) is 84.9 Å². The van der Waals surface area contributed by atoms with Gasteiger partial charge in [0.15, 0.2) is 23.1 Å². The van der Waals surface area contributed by atoms with Crippen LogP contribution in [0, 0.1) is 11.6 Å². The summed E-state index contributed by atoms with van der Waals surface area (Å²) in [5.74, 6) is -7.01. The second-order valence-electron chi connectivity index (χ2n) is 8.12. The van der Waals surface area contributed by atoms with E-state index in [1.807, 2.05) is 0 Å². The van der Waals surface area contributed by atoms with Gasteiger partial charge in [-0.3, -0.25) is 0 Å². The van der Waals surface area contributed by atoms with E-state index in [2.05, 4.69) is 0 Å². The lowest BCUT2D eigenvalue weighted by Crippen LogP contribution is -2.32. The molecule has 4 aromatic rings. The highest BCUT2D eigenvalue weighted by Gasteiger charge is 2.47. The van der Waals surface area contributed by atoms with Gasteiger partial charge in [-0.1, -0.05) is 72.8 Å². The number of phenolic OH excluding ortho intramolecular Hbond substituents is 2. The van der Waals surface area contributed by atoms with Crippen molar-refractivity contribution in [1.29, 1.82) is 0 Å². The molecule has 0 fully saturated rings. The summed E-state index contributed by atoms with van der Waals surface area (Å²) in [6, 6.07) is 16.8. The SMILES string of the molecule is Oc1c(C(c2ccccc2)(c2ccccc2)c2ccc(C(F)(F)F)c(F)c2O)ccc(C(F)(F)F)c1F. The Balaban J connectivity index is 2.22. The van der Waals surface area contributed by atoms with E-state index in [1.165, 1.54) is 48.5 Å². The first kappa shape index (κ1) is 26.0. The fraction of sp³-hybridized carbons (Fsp3) is 0.111. The topological polar surface area (TPSA) is 40.5 Å². The minimum absolute atomic E-state index is 0.0881. The monoisotopic (exact) mass is 524 g/mol. The zero-order valence-corrected chi connectivity index (χ0v) is 18.5. The molecule has 2 N–H and O–H groups in total. The molecule has 10 heteroatoms. The van der Waals surface area contributed by atoms with Crippen molar-refractivity contribution in [2.45, 2.75) is 17.8 Å². The molecule has 4 rings (SSSR count). The maximum atomic E-state index is 15.0. The van der Waals surface area contributed by atoms with E-state index in [0.717, 1.165) is 12.1 Å². The summed E-state index contributed by atoms with van der Waals surface area (Å²) in [4.78, 5) is 0. The zero-order chi connectivity index (χ0) is 27.2. The Labute approximate surface area is 205 Å². The van der Waals surface area contributed by atoms with Crippen LogP contribution in [0.4, 0.5) is 35.1 Å². The smallest absolute Gasteiger partial charge is 0.419 e. The molecule has 0 bridgehead atoms. The second kappa shape index (κ2) is 9.10. The summed E-state index contributed by atoms with van der Waals surface area (Å²) in [6.45, 7) is 0. The quantitative estimate of drug-likeness (QED) is 0.211. The van der Waals surface area contributed by atoms with Gasteiger partial charge in [0, 0.05) is 11.1 Å². The lowest BCUT2D eigenvalue weighted by molar-refractivity contribution is -0.141. The molecule has 0 aliphatic rings. The molecule has 0 spiro atoms. The third kappa shape index (κ3) is 4.26. The Morgan fingerprint density at radius 3 is 1.03 bits per heavy atom. The van der Waals surface area contributed by atoms with Crippen molar-refractivity contribution in [3.63, 3.8) is 0 Å². The van der Waals surface area contributed by atoms with E-state index < -0.39 is 63.2 Å². The van der Waals surface area contributed by atoms with Crippen molar-refractivity contribution in [1.82, 2.24) is 0 Å². The van der Waals surface area contributed by atoms with Gasteiger partial charge in [0.2, 0.25) is 0 Å². The average molecular weight is 524 g/mol. The summed E-state index contributed by atoms with van der Waals surface area (Å²) in [5, 5.41) is 21.5. The van der Waals surface area contributed by atoms with Crippen LogP contribution in [0.1, 0.15) is 33.4 Å². The highest BCUT2D eigenvalue weighted by atomic mass is 19.4. The maximum absolute atomic E-state index is 15.0. The molecule has 0 saturated heterocycles. The minimum atomic E-state index is -5.18. The Morgan fingerprint density at radius 2 is 0.730 bits per heavy atom. The maximum Gasteiger partial charge on any atom is 0.419 e. The second-order valence-corrected chi connectivity index (χ2v) is 8.12. The summed E-state index contributed by atoms with van der Waals surface area (Å²) >= 11 is 0. The van der Waals surface area contributed by atoms with Gasteiger partial charge in [-0.25, -0.2) is 8.78 Å². The molecular weight excluding hydrogens is 508 g/mol. The first-order chi connectivity index (χ1) is 17.3. The predicted molar refractivity (Wildman–Crippen MR) is 118 cm³/mol. The Morgan fingerprint density at radius 1 is 0.432 bits per heavy atom. The van der Waals surface area contributed by atoms with Crippen LogP contribution >= 0.6 is 0 Å². The molecule has 0 amide bonds. The van der Waals surface area contributed by atoms with E-state index in [9.17, 15) is 45.3 Å². The summed E-state index contributed by atoms with van der Waals surface area (Å²) in [5.41, 5.74) is -6.67. The van der Waals surface area contributed by atoms with Crippen molar-refractivity contribution in [2.24, 2.45) is 0 Å². The summed E-state index contributed by atoms with van der Waals surface area (Å²) in [6.07, 6.45) is -10.4. The van der Waals surface area contributed by atoms with Crippen molar-refractivity contribution < 1.29 is 45.3 Å². The van der Waals surface area contributed by atoms with E-state index in [0.29, 0.717) is 12.1 Å². The molecule has 192 valence electrons. The van der Waals surface area contributed by atoms with E-state index in [1.54, 1.807) is 12.1 Å². The van der Waals surface area contributed by atoms with Gasteiger partial charge in [-0.2, -0.15) is 26.3 Å². The molecule has 37 heavy (non-hydrogen) atoms. The van der Waals surface area contributed by atoms with Gasteiger partial charge in [-0.05, 0) is 23.3 Å². The normalized spacial score (nSPS) is 12.5. The zero-order valence-electron chi connectivity index (χ0n) is 18.5. The first-order valence-electron chi connectivity index (χ1n) is 10.6. The van der Waals surface area contributed by atoms with Crippen LogP contribution in [-0.2, 0) is 17.8 Å². The first-order valence-corrected chi connectivity index (χ1v) is 10.6. The number of halogens is 8. The molecule has 0 aliphatic carbocycles. The van der Waals surface area contributed by atoms with Crippen molar-refractivity contribution in [2.75, 3.05) is 0 Å². The molecule has 0 unspecified atom stereocenters. The van der Waals surface area contributed by atoms with Crippen molar-refractivity contribution >= 4 is 0 Å². The van der Waals surface area contributed by atoms with Gasteiger partial charge in [0.1, 0.15) is 0 Å². The molecule has 0 heterocycles. The number of phenols is 2. The predicted octanol–water partition coefficient (Wildman–Crippen LogP) is 7.80. The Kier molecular flexibility index (Phi) is 6.39. The number of aromatic hydroxyl groups is 2. The molecule has 0 radical (unpaired) electrons. The average Bonchev–Trinajstić information content (AvgIpc) is 2.84. The van der Waals surface area contributed by atoms with Gasteiger partial charge in [0.25, 0.3) is 0 Å². The van der Waals surface area contributed by atoms with E-state index in [-0.39, 0.29) is 11.1 Å². The third-order valence-electron chi connectivity index (χ3n) is 6.06. The number of alkyl halides is 6. The minimum Gasteiger partial charge on any atom is -0.505 e. The van der Waals surface area contributed by atoms with Crippen LogP contribution in [0.2, 0.25) is 0 Å². The number of benzene rings is 4. The lowest BCUT2D eigenvalue weighted by atomic mass is 9.64. The van der Waals surface area contributed by atoms with Gasteiger partial charge < -0.3 is 10.2 Å². The molecular formula is C27H16F8O2. The molecule has 0 aromatic heterocycles. The van der Waals surface area contributed by atoms with Crippen LogP contribution in [0.3, 0.4) is 0 Å². The van der Waals surface area contributed by atoms with Crippen LogP contribution in [0.5, 0.6) is 11.5 Å². The highest BCUT2D eigenvalue weighted by molar-refractivity contribution is 5.66. The summed E-state index contributed by atoms with van der Waals surface area (Å²) in [7, 11) is 0. The van der Waals surface area contributed by atoms with Crippen LogP contribution in [-0.4, -0.2) is 10.2 Å². The van der Waals surface area contributed by atoms with Crippen molar-refractivity contribution in [3.05, 3.63) is 130 Å². The van der Waals surface area contributed by atoms with Gasteiger partial charge in [0.05, 0.1) is 16.5 Å². The molecule has 0 saturated carbocycles. The Hall–Kier alpha value is -4.08. The van der Waals surface area contributed by atoms with Gasteiger partial charge in [-0.15, -0.1) is 0 Å². The third-order valence-corrected chi connectivity index (χ3v) is 6.06. The molecule has 4 aromatic carbocycles. The largest absolute Gasteiger partial charge is 0.505 e. The number of hydrogen-bond donors (Lipinski definition) is 2. The number of rotatable bonds is 4. The molecule has 0 aliphatic heterocycles. The lowest BCUT2D eigenvalue weighted by Gasteiger charge is -2.37. The molecule has 2 nitrogen and oxygen atoms in total. The van der Waals surface area contributed by atoms with Crippen molar-refractivity contribution in [3.8, 4) is 11.5 Å². The van der Waals surface area contributed by atoms with E-state index >= 15 is 0 Å². The van der Waals surface area contributed by atoms with Crippen LogP contribution < -0.4 is 0 Å². The van der Waals surface area contributed by atoms with Gasteiger partial charge >= 0.3 is 12.4 Å². The Bertz CT molecular complexity index is 1320.